The predicted molar refractivity (Wildman–Crippen MR) is 88.2 cm³/mol. The average molecular weight is 306 g/mol. The Kier molecular flexibility index (Phi) is 4.02. The van der Waals surface area contributed by atoms with Crippen LogP contribution in [0.25, 0.3) is 11.4 Å². The van der Waals surface area contributed by atoms with Gasteiger partial charge < -0.3 is 0 Å². The Balaban J connectivity index is 1.80. The molecular formula is C18H18N4O. The topological polar surface area (TPSA) is 60.7 Å². The highest BCUT2D eigenvalue weighted by Crippen LogP contribution is 2.15. The summed E-state index contributed by atoms with van der Waals surface area (Å²) < 4.78 is 0. The van der Waals surface area contributed by atoms with Gasteiger partial charge in [-0.15, -0.1) is 10.2 Å². The summed E-state index contributed by atoms with van der Waals surface area (Å²) in [5.74, 6) is 0.512. The molecule has 2 aromatic carbocycles. The van der Waals surface area contributed by atoms with Crippen LogP contribution >= 0.6 is 0 Å². The van der Waals surface area contributed by atoms with Crippen LogP contribution in [0, 0.1) is 20.8 Å². The van der Waals surface area contributed by atoms with Gasteiger partial charge in [-0.25, -0.2) is 0 Å². The number of tetrazole rings is 1. The number of benzene rings is 2. The largest absolute Gasteiger partial charge is 0.292 e. The van der Waals surface area contributed by atoms with Gasteiger partial charge in [0, 0.05) is 11.1 Å². The van der Waals surface area contributed by atoms with E-state index in [1.165, 1.54) is 10.4 Å². The Morgan fingerprint density at radius 3 is 2.43 bits per heavy atom. The van der Waals surface area contributed by atoms with E-state index >= 15 is 0 Å². The summed E-state index contributed by atoms with van der Waals surface area (Å²) in [7, 11) is 0. The van der Waals surface area contributed by atoms with Gasteiger partial charge in [0.1, 0.15) is 6.54 Å². The first-order valence-electron chi connectivity index (χ1n) is 7.48. The minimum Gasteiger partial charge on any atom is -0.292 e. The highest BCUT2D eigenvalue weighted by molar-refractivity contribution is 5.97. The summed E-state index contributed by atoms with van der Waals surface area (Å²) in [6, 6.07) is 13.7. The molecule has 5 nitrogen and oxygen atoms in total. The van der Waals surface area contributed by atoms with Crippen LogP contribution in [0.3, 0.4) is 0 Å². The van der Waals surface area contributed by atoms with E-state index < -0.39 is 0 Å². The van der Waals surface area contributed by atoms with Crippen LogP contribution in [-0.2, 0) is 6.54 Å². The number of rotatable bonds is 4. The molecule has 0 saturated carbocycles. The molecule has 0 aliphatic heterocycles. The molecule has 0 saturated heterocycles. The lowest BCUT2D eigenvalue weighted by Crippen LogP contribution is -2.14. The molecule has 0 aliphatic carbocycles. The van der Waals surface area contributed by atoms with Gasteiger partial charge in [0.2, 0.25) is 5.82 Å². The Bertz CT molecular complexity index is 850. The first kappa shape index (κ1) is 15.1. The normalized spacial score (nSPS) is 10.7. The molecule has 0 atom stereocenters. The summed E-state index contributed by atoms with van der Waals surface area (Å²) in [6.07, 6.45) is 0. The van der Waals surface area contributed by atoms with Crippen molar-refractivity contribution in [1.82, 2.24) is 20.2 Å². The second-order valence-electron chi connectivity index (χ2n) is 5.75. The van der Waals surface area contributed by atoms with Gasteiger partial charge in [-0.3, -0.25) is 4.79 Å². The quantitative estimate of drug-likeness (QED) is 0.695. The third kappa shape index (κ3) is 3.34. The van der Waals surface area contributed by atoms with E-state index in [0.717, 1.165) is 16.7 Å². The van der Waals surface area contributed by atoms with Crippen LogP contribution in [0.1, 0.15) is 27.0 Å². The van der Waals surface area contributed by atoms with E-state index in [4.69, 9.17) is 0 Å². The summed E-state index contributed by atoms with van der Waals surface area (Å²) in [6.45, 7) is 6.01. The predicted octanol–water partition coefficient (Wildman–Crippen LogP) is 3.15. The molecule has 0 amide bonds. The van der Waals surface area contributed by atoms with E-state index in [-0.39, 0.29) is 12.3 Å². The molecule has 23 heavy (non-hydrogen) atoms. The molecule has 0 bridgehead atoms. The minimum absolute atomic E-state index is 0.0148. The zero-order chi connectivity index (χ0) is 16.4. The summed E-state index contributed by atoms with van der Waals surface area (Å²) in [5.41, 5.74) is 4.79. The number of aromatic nitrogens is 4. The van der Waals surface area contributed by atoms with Crippen molar-refractivity contribution in [2.75, 3.05) is 0 Å². The Morgan fingerprint density at radius 2 is 1.70 bits per heavy atom. The summed E-state index contributed by atoms with van der Waals surface area (Å²) >= 11 is 0. The fourth-order valence-electron chi connectivity index (χ4n) is 2.38. The van der Waals surface area contributed by atoms with Gasteiger partial charge >= 0.3 is 0 Å². The Labute approximate surface area is 135 Å². The molecular weight excluding hydrogens is 288 g/mol. The molecule has 1 heterocycles. The average Bonchev–Trinajstić information content (AvgIpc) is 2.99. The lowest BCUT2D eigenvalue weighted by atomic mass is 10.0. The summed E-state index contributed by atoms with van der Waals surface area (Å²) in [5, 5.41) is 12.3. The van der Waals surface area contributed by atoms with Gasteiger partial charge in [0.15, 0.2) is 5.78 Å². The third-order valence-electron chi connectivity index (χ3n) is 3.74. The highest BCUT2D eigenvalue weighted by atomic mass is 16.1. The summed E-state index contributed by atoms with van der Waals surface area (Å²) in [4.78, 5) is 13.8. The molecule has 116 valence electrons. The molecule has 0 spiro atoms. The number of hydrogen-bond donors (Lipinski definition) is 0. The van der Waals surface area contributed by atoms with Gasteiger partial charge in [-0.2, -0.15) is 4.80 Å². The first-order chi connectivity index (χ1) is 11.0. The van der Waals surface area contributed by atoms with E-state index in [9.17, 15) is 4.79 Å². The van der Waals surface area contributed by atoms with Gasteiger partial charge in [-0.1, -0.05) is 47.5 Å². The van der Waals surface area contributed by atoms with Crippen LogP contribution < -0.4 is 0 Å². The Hall–Kier alpha value is -2.82. The van der Waals surface area contributed by atoms with Crippen molar-refractivity contribution in [3.63, 3.8) is 0 Å². The maximum Gasteiger partial charge on any atom is 0.204 e. The van der Waals surface area contributed by atoms with Crippen LogP contribution in [0.4, 0.5) is 0 Å². The van der Waals surface area contributed by atoms with Crippen LogP contribution in [0.2, 0.25) is 0 Å². The monoisotopic (exact) mass is 306 g/mol. The minimum atomic E-state index is -0.0148. The number of nitrogens with zero attached hydrogens (tertiary/aromatic N) is 4. The number of ketones is 1. The molecule has 0 N–H and O–H groups in total. The van der Waals surface area contributed by atoms with Crippen LogP contribution in [0.15, 0.2) is 42.5 Å². The number of carbonyl (C=O) groups excluding carboxylic acids is 1. The van der Waals surface area contributed by atoms with E-state index in [1.807, 2.05) is 63.2 Å². The first-order valence-corrected chi connectivity index (χ1v) is 7.48. The lowest BCUT2D eigenvalue weighted by Gasteiger charge is -2.05. The fraction of sp³-hybridized carbons (Fsp3) is 0.222. The molecule has 0 aliphatic rings. The maximum atomic E-state index is 12.4. The van der Waals surface area contributed by atoms with Crippen molar-refractivity contribution in [3.05, 3.63) is 64.7 Å². The molecule has 0 unspecified atom stereocenters. The number of carbonyl (C=O) groups is 1. The van der Waals surface area contributed by atoms with Crippen molar-refractivity contribution < 1.29 is 4.79 Å². The smallest absolute Gasteiger partial charge is 0.204 e. The highest BCUT2D eigenvalue weighted by Gasteiger charge is 2.13. The van der Waals surface area contributed by atoms with E-state index in [2.05, 4.69) is 15.4 Å². The van der Waals surface area contributed by atoms with Crippen molar-refractivity contribution in [1.29, 1.82) is 0 Å². The number of hydrogen-bond acceptors (Lipinski definition) is 4. The molecule has 0 fully saturated rings. The molecule has 3 aromatic rings. The maximum absolute atomic E-state index is 12.4. The van der Waals surface area contributed by atoms with Gasteiger partial charge in [0.05, 0.1) is 0 Å². The second-order valence-corrected chi connectivity index (χ2v) is 5.75. The SMILES string of the molecule is Cc1ccc(-c2nnn(CC(=O)c3cc(C)ccc3C)n2)cc1. The van der Waals surface area contributed by atoms with Crippen molar-refractivity contribution in [3.8, 4) is 11.4 Å². The van der Waals surface area contributed by atoms with E-state index in [0.29, 0.717) is 11.4 Å². The number of Topliss-reactive ketones (excluding diaryl/α,β-unsaturated/α-hetero) is 1. The van der Waals surface area contributed by atoms with Crippen molar-refractivity contribution in [2.24, 2.45) is 0 Å². The standard InChI is InChI=1S/C18H18N4O/c1-12-5-8-15(9-6-12)18-19-21-22(20-18)11-17(23)16-10-13(2)4-7-14(16)3/h4-10H,11H2,1-3H3. The zero-order valence-electron chi connectivity index (χ0n) is 13.4. The second kappa shape index (κ2) is 6.12. The molecule has 1 aromatic heterocycles. The molecule has 5 heteroatoms. The van der Waals surface area contributed by atoms with E-state index in [1.54, 1.807) is 0 Å². The third-order valence-corrected chi connectivity index (χ3v) is 3.74. The van der Waals surface area contributed by atoms with Gasteiger partial charge in [0.25, 0.3) is 0 Å². The molecule has 3 rings (SSSR count). The van der Waals surface area contributed by atoms with Crippen molar-refractivity contribution in [2.45, 2.75) is 27.3 Å². The fourth-order valence-corrected chi connectivity index (χ4v) is 2.38. The molecule has 0 radical (unpaired) electrons. The van der Waals surface area contributed by atoms with Crippen LogP contribution in [0.5, 0.6) is 0 Å². The van der Waals surface area contributed by atoms with Crippen LogP contribution in [-0.4, -0.2) is 26.0 Å². The van der Waals surface area contributed by atoms with Crippen molar-refractivity contribution >= 4 is 5.78 Å². The zero-order valence-corrected chi connectivity index (χ0v) is 13.4. The van der Waals surface area contributed by atoms with Gasteiger partial charge in [-0.05, 0) is 37.6 Å². The lowest BCUT2D eigenvalue weighted by molar-refractivity contribution is 0.0960. The Morgan fingerprint density at radius 1 is 1.00 bits per heavy atom. The number of aryl methyl sites for hydroxylation is 3.